The van der Waals surface area contributed by atoms with Gasteiger partial charge in [-0.2, -0.15) is 0 Å². The van der Waals surface area contributed by atoms with E-state index in [1.807, 2.05) is 18.2 Å². The fraction of sp³-hybridized carbons (Fsp3) is 0.500. The SMILES string of the molecule is CCN(Cc1oc2ccccc2c1CN)C(C)COC. The van der Waals surface area contributed by atoms with Crippen molar-refractivity contribution in [3.8, 4) is 0 Å². The molecular formula is C16H24N2O2. The molecule has 2 rings (SSSR count). The van der Waals surface area contributed by atoms with Crippen LogP contribution in [0, 0.1) is 0 Å². The molecular weight excluding hydrogens is 252 g/mol. The van der Waals surface area contributed by atoms with Crippen LogP contribution < -0.4 is 5.73 Å². The Labute approximate surface area is 120 Å². The van der Waals surface area contributed by atoms with E-state index in [2.05, 4.69) is 24.8 Å². The topological polar surface area (TPSA) is 51.6 Å². The Hall–Kier alpha value is -1.36. The van der Waals surface area contributed by atoms with Crippen LogP contribution in [-0.2, 0) is 17.8 Å². The van der Waals surface area contributed by atoms with Gasteiger partial charge in [0.15, 0.2) is 0 Å². The summed E-state index contributed by atoms with van der Waals surface area (Å²) in [4.78, 5) is 2.33. The first-order valence-electron chi connectivity index (χ1n) is 7.13. The van der Waals surface area contributed by atoms with Gasteiger partial charge in [-0.25, -0.2) is 0 Å². The lowest BCUT2D eigenvalue weighted by molar-refractivity contribution is 0.0938. The quantitative estimate of drug-likeness (QED) is 0.845. The zero-order chi connectivity index (χ0) is 14.5. The highest BCUT2D eigenvalue weighted by Crippen LogP contribution is 2.26. The molecule has 20 heavy (non-hydrogen) atoms. The summed E-state index contributed by atoms with van der Waals surface area (Å²) in [5.74, 6) is 0.971. The monoisotopic (exact) mass is 276 g/mol. The second-order valence-corrected chi connectivity index (χ2v) is 5.07. The van der Waals surface area contributed by atoms with Crippen molar-refractivity contribution in [1.29, 1.82) is 0 Å². The van der Waals surface area contributed by atoms with Crippen molar-refractivity contribution >= 4 is 11.0 Å². The van der Waals surface area contributed by atoms with Crippen LogP contribution in [0.25, 0.3) is 11.0 Å². The van der Waals surface area contributed by atoms with E-state index in [-0.39, 0.29) is 0 Å². The maximum atomic E-state index is 5.99. The van der Waals surface area contributed by atoms with Gasteiger partial charge in [-0.1, -0.05) is 25.1 Å². The molecule has 1 atom stereocenters. The highest BCUT2D eigenvalue weighted by Gasteiger charge is 2.18. The molecule has 0 aliphatic rings. The van der Waals surface area contributed by atoms with Crippen molar-refractivity contribution in [3.05, 3.63) is 35.6 Å². The molecule has 110 valence electrons. The minimum Gasteiger partial charge on any atom is -0.459 e. The highest BCUT2D eigenvalue weighted by molar-refractivity contribution is 5.82. The normalized spacial score (nSPS) is 13.2. The van der Waals surface area contributed by atoms with Crippen LogP contribution in [-0.4, -0.2) is 31.2 Å². The summed E-state index contributed by atoms with van der Waals surface area (Å²) < 4.78 is 11.2. The Morgan fingerprint density at radius 1 is 1.35 bits per heavy atom. The van der Waals surface area contributed by atoms with Gasteiger partial charge in [0.2, 0.25) is 0 Å². The molecule has 4 heteroatoms. The molecule has 1 aromatic heterocycles. The van der Waals surface area contributed by atoms with Crippen LogP contribution >= 0.6 is 0 Å². The molecule has 0 radical (unpaired) electrons. The third-order valence-corrected chi connectivity index (χ3v) is 3.77. The number of benzene rings is 1. The molecule has 1 heterocycles. The molecule has 2 aromatic rings. The molecule has 0 saturated carbocycles. The molecule has 0 fully saturated rings. The van der Waals surface area contributed by atoms with Crippen LogP contribution in [0.1, 0.15) is 25.2 Å². The van der Waals surface area contributed by atoms with Gasteiger partial charge in [0.1, 0.15) is 11.3 Å². The van der Waals surface area contributed by atoms with Crippen LogP contribution in [0.2, 0.25) is 0 Å². The summed E-state index contributed by atoms with van der Waals surface area (Å²) >= 11 is 0. The van der Waals surface area contributed by atoms with Crippen LogP contribution in [0.15, 0.2) is 28.7 Å². The summed E-state index contributed by atoms with van der Waals surface area (Å²) in [7, 11) is 1.73. The predicted molar refractivity (Wildman–Crippen MR) is 81.5 cm³/mol. The summed E-state index contributed by atoms with van der Waals surface area (Å²) in [5, 5.41) is 1.13. The number of nitrogens with two attached hydrogens (primary N) is 1. The van der Waals surface area contributed by atoms with E-state index in [4.69, 9.17) is 14.9 Å². The number of methoxy groups -OCH3 is 1. The lowest BCUT2D eigenvalue weighted by Gasteiger charge is -2.26. The summed E-state index contributed by atoms with van der Waals surface area (Å²) in [6.07, 6.45) is 0. The first-order chi connectivity index (χ1) is 9.71. The van der Waals surface area contributed by atoms with Gasteiger partial charge in [0.25, 0.3) is 0 Å². The van der Waals surface area contributed by atoms with Crippen molar-refractivity contribution in [1.82, 2.24) is 4.90 Å². The molecule has 1 unspecified atom stereocenters. The van der Waals surface area contributed by atoms with Crippen molar-refractivity contribution in [2.24, 2.45) is 5.73 Å². The largest absolute Gasteiger partial charge is 0.459 e. The van der Waals surface area contributed by atoms with Gasteiger partial charge in [-0.3, -0.25) is 4.90 Å². The molecule has 0 saturated heterocycles. The minimum absolute atomic E-state index is 0.351. The number of fused-ring (bicyclic) bond motifs is 1. The van der Waals surface area contributed by atoms with E-state index in [1.54, 1.807) is 7.11 Å². The number of hydrogen-bond acceptors (Lipinski definition) is 4. The number of para-hydroxylation sites is 1. The molecule has 0 aliphatic heterocycles. The third kappa shape index (κ3) is 3.03. The van der Waals surface area contributed by atoms with Crippen molar-refractivity contribution < 1.29 is 9.15 Å². The van der Waals surface area contributed by atoms with E-state index in [0.29, 0.717) is 19.2 Å². The van der Waals surface area contributed by atoms with E-state index >= 15 is 0 Å². The fourth-order valence-electron chi connectivity index (χ4n) is 2.61. The Morgan fingerprint density at radius 2 is 2.10 bits per heavy atom. The molecule has 2 N–H and O–H groups in total. The average molecular weight is 276 g/mol. The zero-order valence-electron chi connectivity index (χ0n) is 12.6. The van der Waals surface area contributed by atoms with Gasteiger partial charge in [-0.15, -0.1) is 0 Å². The Balaban J connectivity index is 2.27. The van der Waals surface area contributed by atoms with E-state index < -0.39 is 0 Å². The zero-order valence-corrected chi connectivity index (χ0v) is 12.6. The number of likely N-dealkylation sites (N-methyl/N-ethyl adjacent to an activating group) is 1. The number of hydrogen-bond donors (Lipinski definition) is 1. The second kappa shape index (κ2) is 6.88. The minimum atomic E-state index is 0.351. The molecule has 4 nitrogen and oxygen atoms in total. The molecule has 0 spiro atoms. The maximum Gasteiger partial charge on any atom is 0.134 e. The standard InChI is InChI=1S/C16H24N2O2/c1-4-18(12(2)11-19-3)10-16-14(9-17)13-7-5-6-8-15(13)20-16/h5-8,12H,4,9-11,17H2,1-3H3. The molecule has 0 aliphatic carbocycles. The molecule has 0 amide bonds. The first kappa shape index (κ1) is 15.0. The smallest absolute Gasteiger partial charge is 0.134 e. The van der Waals surface area contributed by atoms with Gasteiger partial charge in [0, 0.05) is 30.6 Å². The lowest BCUT2D eigenvalue weighted by atomic mass is 10.1. The van der Waals surface area contributed by atoms with Crippen LogP contribution in [0.4, 0.5) is 0 Å². The van der Waals surface area contributed by atoms with E-state index in [0.717, 1.165) is 35.4 Å². The predicted octanol–water partition coefficient (Wildman–Crippen LogP) is 2.75. The third-order valence-electron chi connectivity index (χ3n) is 3.77. The Morgan fingerprint density at radius 3 is 2.75 bits per heavy atom. The lowest BCUT2D eigenvalue weighted by Crippen LogP contribution is -2.35. The Kier molecular flexibility index (Phi) is 5.17. The summed E-state index contributed by atoms with van der Waals surface area (Å²) in [6, 6.07) is 8.42. The maximum absolute atomic E-state index is 5.99. The number of ether oxygens (including phenoxy) is 1. The van der Waals surface area contributed by atoms with Gasteiger partial charge >= 0.3 is 0 Å². The first-order valence-corrected chi connectivity index (χ1v) is 7.13. The molecule has 1 aromatic carbocycles. The number of nitrogens with zero attached hydrogens (tertiary/aromatic N) is 1. The van der Waals surface area contributed by atoms with Crippen LogP contribution in [0.5, 0.6) is 0 Å². The molecule has 0 bridgehead atoms. The fourth-order valence-corrected chi connectivity index (χ4v) is 2.61. The van der Waals surface area contributed by atoms with Gasteiger partial charge < -0.3 is 14.9 Å². The summed E-state index contributed by atoms with van der Waals surface area (Å²) in [5.41, 5.74) is 7.94. The van der Waals surface area contributed by atoms with Crippen LogP contribution in [0.3, 0.4) is 0 Å². The van der Waals surface area contributed by atoms with Gasteiger partial charge in [0.05, 0.1) is 13.2 Å². The van der Waals surface area contributed by atoms with Crippen molar-refractivity contribution in [2.75, 3.05) is 20.3 Å². The van der Waals surface area contributed by atoms with Crippen molar-refractivity contribution in [3.63, 3.8) is 0 Å². The van der Waals surface area contributed by atoms with E-state index in [9.17, 15) is 0 Å². The second-order valence-electron chi connectivity index (χ2n) is 5.07. The Bertz CT molecular complexity index is 550. The number of rotatable bonds is 7. The average Bonchev–Trinajstić information content (AvgIpc) is 2.82. The van der Waals surface area contributed by atoms with E-state index in [1.165, 1.54) is 0 Å². The summed E-state index contributed by atoms with van der Waals surface area (Å²) in [6.45, 7) is 7.25. The number of furan rings is 1. The van der Waals surface area contributed by atoms with Gasteiger partial charge in [-0.05, 0) is 19.5 Å². The highest BCUT2D eigenvalue weighted by atomic mass is 16.5. The van der Waals surface area contributed by atoms with Crippen molar-refractivity contribution in [2.45, 2.75) is 33.0 Å².